The van der Waals surface area contributed by atoms with Gasteiger partial charge in [-0.15, -0.1) is 0 Å². The second-order valence-corrected chi connectivity index (χ2v) is 26.4. The summed E-state index contributed by atoms with van der Waals surface area (Å²) >= 11 is 0. The number of nitrogens with zero attached hydrogens (tertiary/aromatic N) is 5. The van der Waals surface area contributed by atoms with Crippen LogP contribution in [0, 0.1) is 6.33 Å². The summed E-state index contributed by atoms with van der Waals surface area (Å²) in [4.78, 5) is 4.98. The summed E-state index contributed by atoms with van der Waals surface area (Å²) in [6.45, 7) is 6.73. The average Bonchev–Trinajstić information content (AvgIpc) is 1.44. The fourth-order valence-electron chi connectivity index (χ4n) is 15.4. The highest BCUT2D eigenvalue weighted by Crippen LogP contribution is 2.49. The van der Waals surface area contributed by atoms with E-state index in [0.717, 1.165) is 166 Å². The first-order chi connectivity index (χ1) is 47.2. The van der Waals surface area contributed by atoms with E-state index in [0.29, 0.717) is 11.5 Å². The molecule has 1 aliphatic rings. The summed E-state index contributed by atoms with van der Waals surface area (Å²) in [6, 6.07) is 103. The van der Waals surface area contributed by atoms with Gasteiger partial charge in [-0.2, -0.15) is 0 Å². The van der Waals surface area contributed by atoms with E-state index in [1.54, 1.807) is 0 Å². The molecule has 0 N–H and O–H groups in total. The van der Waals surface area contributed by atoms with Gasteiger partial charge in [-0.3, -0.25) is 13.7 Å². The van der Waals surface area contributed by atoms with Crippen molar-refractivity contribution in [1.82, 2.24) is 18.7 Å². The van der Waals surface area contributed by atoms with Crippen molar-refractivity contribution in [3.8, 4) is 90.0 Å². The number of imidazole rings is 1. The maximum absolute atomic E-state index is 7.10. The molecule has 0 bridgehead atoms. The predicted octanol–water partition coefficient (Wildman–Crippen LogP) is 22.8. The van der Waals surface area contributed by atoms with Gasteiger partial charge in [0.15, 0.2) is 0 Å². The lowest BCUT2D eigenvalue weighted by Crippen LogP contribution is -2.32. The highest BCUT2D eigenvalue weighted by molar-refractivity contribution is 6.13. The van der Waals surface area contributed by atoms with E-state index in [2.05, 4.69) is 306 Å². The van der Waals surface area contributed by atoms with Gasteiger partial charge in [-0.05, 0) is 182 Å². The van der Waals surface area contributed by atoms with Gasteiger partial charge in [0.25, 0.3) is 6.33 Å². The molecule has 0 unspecified atom stereocenters. The Labute approximate surface area is 551 Å². The maximum Gasteiger partial charge on any atom is 0.269 e. The van der Waals surface area contributed by atoms with Crippen LogP contribution >= 0.6 is 0 Å². The number of fused-ring (bicyclic) bond motifs is 19. The minimum atomic E-state index is -0.0634. The first-order valence-corrected chi connectivity index (χ1v) is 32.7. The quantitative estimate of drug-likeness (QED) is 0.118. The summed E-state index contributed by atoms with van der Waals surface area (Å²) in [5, 5.41) is 8.96. The molecule has 19 aromatic rings. The standard InChI is InChI=1S/C88H57N5O3/c1-88(2,3)56-42-43-89-85(48-56)93-78-31-13-8-24-67(78)68-39-37-60(51-79(68)93)94-59-19-16-18-57(49-59)90-52-91-86-61(54-35-41-84-74(45-54)70-26-10-15-33-82(70)96-84)27-17-28-71(86)72-50-58(92-76-29-11-6-22-65(76)66-23-7-12-30-77(66)92)36-38-64(72)62-20-4-5-21-63(62)75-46-55(47-80(90)87(75)91)53-34-40-83-73(44-53)69-25-9-14-32-81(69)95-83/h4-51H,1-3H3. The third kappa shape index (κ3) is 8.21. The Hall–Kier alpha value is -12.5. The molecule has 13 aromatic carbocycles. The lowest BCUT2D eigenvalue weighted by atomic mass is 9.87. The van der Waals surface area contributed by atoms with Crippen molar-refractivity contribution in [1.29, 1.82) is 0 Å². The van der Waals surface area contributed by atoms with E-state index in [1.807, 2.05) is 30.5 Å². The molecule has 7 heterocycles. The molecule has 8 nitrogen and oxygen atoms in total. The van der Waals surface area contributed by atoms with Gasteiger partial charge in [0, 0.05) is 61.0 Å². The van der Waals surface area contributed by atoms with Gasteiger partial charge in [-0.1, -0.05) is 185 Å². The molecule has 0 saturated carbocycles. The van der Waals surface area contributed by atoms with Crippen molar-refractivity contribution in [2.24, 2.45) is 0 Å². The molecule has 0 aliphatic carbocycles. The first-order valence-electron chi connectivity index (χ1n) is 32.7. The zero-order chi connectivity index (χ0) is 63.5. The van der Waals surface area contributed by atoms with Crippen LogP contribution in [0.1, 0.15) is 26.3 Å². The highest BCUT2D eigenvalue weighted by atomic mass is 16.5. The van der Waals surface area contributed by atoms with Crippen molar-refractivity contribution in [2.75, 3.05) is 0 Å². The lowest BCUT2D eigenvalue weighted by molar-refractivity contribution is -0.570. The lowest BCUT2D eigenvalue weighted by Gasteiger charge is -2.20. The number of rotatable bonds is 7. The van der Waals surface area contributed by atoms with Gasteiger partial charge in [0.05, 0.1) is 44.5 Å². The molecule has 0 amide bonds. The number of hydrogen-bond donors (Lipinski definition) is 0. The van der Waals surface area contributed by atoms with Crippen LogP contribution in [0.5, 0.6) is 11.5 Å². The monoisotopic (exact) mass is 1230 g/mol. The van der Waals surface area contributed by atoms with Crippen LogP contribution in [0.15, 0.2) is 300 Å². The second kappa shape index (κ2) is 20.5. The molecule has 0 atom stereocenters. The van der Waals surface area contributed by atoms with Crippen molar-refractivity contribution in [3.63, 3.8) is 0 Å². The number of para-hydroxylation sites is 6. The molecule has 8 heteroatoms. The van der Waals surface area contributed by atoms with Crippen LogP contribution in [-0.2, 0) is 5.41 Å². The van der Waals surface area contributed by atoms with Crippen LogP contribution in [0.3, 0.4) is 0 Å². The molecule has 96 heavy (non-hydrogen) atoms. The largest absolute Gasteiger partial charge is 0.458 e. The van der Waals surface area contributed by atoms with E-state index >= 15 is 0 Å². The third-order valence-corrected chi connectivity index (χ3v) is 19.8. The molecule has 6 aromatic heterocycles. The van der Waals surface area contributed by atoms with Crippen LogP contribution < -0.4 is 9.30 Å². The van der Waals surface area contributed by atoms with E-state index in [-0.39, 0.29) is 5.41 Å². The van der Waals surface area contributed by atoms with E-state index in [1.165, 1.54) is 16.3 Å². The number of ether oxygens (including phenoxy) is 1. The fourth-order valence-corrected chi connectivity index (χ4v) is 15.4. The zero-order valence-electron chi connectivity index (χ0n) is 52.7. The molecule has 0 spiro atoms. The summed E-state index contributed by atoms with van der Waals surface area (Å²) in [5.74, 6) is 2.25. The highest BCUT2D eigenvalue weighted by Gasteiger charge is 2.29. The Morgan fingerprint density at radius 1 is 0.354 bits per heavy atom. The molecule has 0 radical (unpaired) electrons. The molecule has 20 rings (SSSR count). The molecular weight excluding hydrogens is 1170 g/mol. The van der Waals surface area contributed by atoms with Gasteiger partial charge < -0.3 is 18.1 Å². The summed E-state index contributed by atoms with van der Waals surface area (Å²) in [5.41, 5.74) is 24.5. The number of pyridine rings is 1. The van der Waals surface area contributed by atoms with Crippen LogP contribution in [0.4, 0.5) is 0 Å². The summed E-state index contributed by atoms with van der Waals surface area (Å²) < 4.78 is 29.4. The second-order valence-electron chi connectivity index (χ2n) is 26.4. The van der Waals surface area contributed by atoms with Crippen molar-refractivity contribution in [2.45, 2.75) is 26.2 Å². The average molecular weight is 1230 g/mol. The van der Waals surface area contributed by atoms with E-state index in [4.69, 9.17) is 18.6 Å². The van der Waals surface area contributed by atoms with Crippen LogP contribution in [0.25, 0.3) is 177 Å². The Bertz CT molecular complexity index is 6450. The number of benzene rings is 13. The van der Waals surface area contributed by atoms with E-state index in [9.17, 15) is 0 Å². The first kappa shape index (κ1) is 54.1. The predicted molar refractivity (Wildman–Crippen MR) is 391 cm³/mol. The smallest absolute Gasteiger partial charge is 0.269 e. The van der Waals surface area contributed by atoms with Gasteiger partial charge in [0.1, 0.15) is 39.6 Å². The topological polar surface area (TPSA) is 67.1 Å². The Balaban J connectivity index is 0.852. The number of aromatic nitrogens is 5. The third-order valence-electron chi connectivity index (χ3n) is 19.8. The van der Waals surface area contributed by atoms with Crippen LogP contribution in [0.2, 0.25) is 0 Å². The molecule has 1 aliphatic heterocycles. The molecule has 452 valence electrons. The summed E-state index contributed by atoms with van der Waals surface area (Å²) in [7, 11) is 0. The van der Waals surface area contributed by atoms with Crippen molar-refractivity contribution >= 4 is 98.5 Å². The van der Waals surface area contributed by atoms with Crippen LogP contribution in [-0.4, -0.2) is 18.7 Å². The number of furan rings is 2. The fraction of sp³-hybridized carbons (Fsp3) is 0.0455. The minimum Gasteiger partial charge on any atom is -0.458 e. The van der Waals surface area contributed by atoms with Crippen molar-refractivity contribution < 1.29 is 18.1 Å². The van der Waals surface area contributed by atoms with Gasteiger partial charge in [-0.25, -0.2) is 4.98 Å². The maximum atomic E-state index is 7.10. The molecule has 0 fully saturated rings. The minimum absolute atomic E-state index is 0.0634. The van der Waals surface area contributed by atoms with Gasteiger partial charge >= 0.3 is 0 Å². The van der Waals surface area contributed by atoms with Crippen molar-refractivity contribution in [3.05, 3.63) is 303 Å². The van der Waals surface area contributed by atoms with E-state index < -0.39 is 0 Å². The molecular formula is C88H57N5O3. The Morgan fingerprint density at radius 3 is 1.62 bits per heavy atom. The number of hydrogen-bond acceptors (Lipinski definition) is 4. The zero-order valence-corrected chi connectivity index (χ0v) is 52.7. The summed E-state index contributed by atoms with van der Waals surface area (Å²) in [6.07, 6.45) is 6.08. The van der Waals surface area contributed by atoms with Gasteiger partial charge in [0.2, 0.25) is 0 Å². The molecule has 0 saturated heterocycles. The normalized spacial score (nSPS) is 12.3. The SMILES string of the molecule is CC(C)(C)c1ccnc(-n2c3ccccc3c3ccc(Oc4cccc(-n5[c-][n+]6c7c(cc(-c8ccc9oc%10ccccc%10c9c8)cc75)-c5ccccc5-c5ccc(-n7c8ccccc8c8ccccc87)cc5-c5cccc(-c7ccc8oc9ccccc9c8c7)c5-6)c4)cc32)c1. The Morgan fingerprint density at radius 2 is 0.917 bits per heavy atom. The Kier molecular flexibility index (Phi) is 11.5.